The van der Waals surface area contributed by atoms with Crippen molar-refractivity contribution in [3.05, 3.63) is 101 Å². The van der Waals surface area contributed by atoms with Crippen molar-refractivity contribution in [1.82, 2.24) is 4.98 Å². The molecule has 4 nitrogen and oxygen atoms in total. The van der Waals surface area contributed by atoms with Crippen molar-refractivity contribution in [2.24, 2.45) is 0 Å². The predicted molar refractivity (Wildman–Crippen MR) is 125 cm³/mol. The summed E-state index contributed by atoms with van der Waals surface area (Å²) >= 11 is 0. The highest BCUT2D eigenvalue weighted by Gasteiger charge is 2.50. The second-order valence-electron chi connectivity index (χ2n) is 8.01. The third-order valence-electron chi connectivity index (χ3n) is 6.42. The molecule has 3 aromatic carbocycles. The Balaban J connectivity index is 1.80. The molecule has 1 N–H and O–H groups in total. The molecule has 0 aliphatic carbocycles. The van der Waals surface area contributed by atoms with E-state index in [1.165, 1.54) is 0 Å². The van der Waals surface area contributed by atoms with E-state index in [1.807, 2.05) is 36.4 Å². The molecule has 1 aliphatic rings. The van der Waals surface area contributed by atoms with Crippen LogP contribution in [-0.4, -0.2) is 24.0 Å². The molecule has 1 unspecified atom stereocenters. The minimum atomic E-state index is -0.987. The second kappa shape index (κ2) is 7.31. The smallest absolute Gasteiger partial charge is 0.340 e. The second-order valence-corrected chi connectivity index (χ2v) is 8.01. The van der Waals surface area contributed by atoms with Crippen molar-refractivity contribution >= 4 is 22.6 Å². The van der Waals surface area contributed by atoms with E-state index in [2.05, 4.69) is 67.1 Å². The lowest BCUT2D eigenvalue weighted by molar-refractivity contribution is 0.0254. The molecule has 0 amide bonds. The maximum atomic E-state index is 13.0. The Labute approximate surface area is 182 Å². The third-order valence-corrected chi connectivity index (χ3v) is 6.42. The van der Waals surface area contributed by atoms with Gasteiger partial charge in [-0.3, -0.25) is 0 Å². The Hall–Kier alpha value is -3.53. The monoisotopic (exact) mass is 410 g/mol. The van der Waals surface area contributed by atoms with E-state index in [0.29, 0.717) is 5.56 Å². The van der Waals surface area contributed by atoms with Crippen LogP contribution < -0.4 is 4.90 Å². The molecule has 1 aromatic heterocycles. The number of cyclic esters (lactones) is 1. The normalized spacial score (nSPS) is 17.6. The van der Waals surface area contributed by atoms with Gasteiger partial charge in [0, 0.05) is 52.1 Å². The van der Waals surface area contributed by atoms with Gasteiger partial charge in [-0.2, -0.15) is 0 Å². The fourth-order valence-electron chi connectivity index (χ4n) is 4.99. The summed E-state index contributed by atoms with van der Waals surface area (Å²) in [5, 5.41) is 1.07. The summed E-state index contributed by atoms with van der Waals surface area (Å²) in [5.74, 6) is -0.284. The molecule has 2 heterocycles. The molecule has 1 atom stereocenters. The lowest BCUT2D eigenvalue weighted by atomic mass is 9.78. The van der Waals surface area contributed by atoms with Crippen molar-refractivity contribution < 1.29 is 9.53 Å². The molecule has 4 heteroatoms. The summed E-state index contributed by atoms with van der Waals surface area (Å²) in [7, 11) is 0. The van der Waals surface area contributed by atoms with Gasteiger partial charge in [0.1, 0.15) is 0 Å². The van der Waals surface area contributed by atoms with Gasteiger partial charge in [-0.1, -0.05) is 48.5 Å². The summed E-state index contributed by atoms with van der Waals surface area (Å²) in [6.45, 7) is 8.25. The molecule has 1 aliphatic heterocycles. The van der Waals surface area contributed by atoms with Crippen LogP contribution in [-0.2, 0) is 10.3 Å². The van der Waals surface area contributed by atoms with Gasteiger partial charge in [-0.15, -0.1) is 0 Å². The molecule has 0 saturated carbocycles. The van der Waals surface area contributed by atoms with Crippen LogP contribution in [0, 0.1) is 6.92 Å². The number of H-pyrrole nitrogens is 1. The van der Waals surface area contributed by atoms with Crippen molar-refractivity contribution in [2.45, 2.75) is 26.4 Å². The Kier molecular flexibility index (Phi) is 4.58. The Morgan fingerprint density at radius 3 is 2.32 bits per heavy atom. The first-order valence-electron chi connectivity index (χ1n) is 10.9. The zero-order valence-corrected chi connectivity index (χ0v) is 18.1. The number of ether oxygens (including phenoxy) is 1. The van der Waals surface area contributed by atoms with Crippen LogP contribution in [0.25, 0.3) is 10.9 Å². The topological polar surface area (TPSA) is 45.3 Å². The Bertz CT molecular complexity index is 1270. The molecule has 0 fully saturated rings. The number of nitrogens with one attached hydrogen (secondary N) is 1. The average molecular weight is 411 g/mol. The number of rotatable bonds is 5. The van der Waals surface area contributed by atoms with E-state index in [4.69, 9.17) is 4.74 Å². The first-order chi connectivity index (χ1) is 15.1. The first kappa shape index (κ1) is 19.4. The SMILES string of the molecule is CCN(CC)c1ccc(C2(c3c(C)[nH]c4ccccc34)OC(=O)c3ccccc32)cc1. The van der Waals surface area contributed by atoms with E-state index >= 15 is 0 Å². The van der Waals surface area contributed by atoms with Crippen LogP contribution >= 0.6 is 0 Å². The molecule has 0 saturated heterocycles. The van der Waals surface area contributed by atoms with Crippen LogP contribution in [0.5, 0.6) is 0 Å². The number of hydrogen-bond donors (Lipinski definition) is 1. The number of aromatic amines is 1. The quantitative estimate of drug-likeness (QED) is 0.424. The van der Waals surface area contributed by atoms with Gasteiger partial charge in [0.05, 0.1) is 5.56 Å². The molecule has 4 aromatic rings. The molecule has 31 heavy (non-hydrogen) atoms. The minimum Gasteiger partial charge on any atom is -0.440 e. The highest BCUT2D eigenvalue weighted by Crippen LogP contribution is 2.50. The minimum absolute atomic E-state index is 0.284. The van der Waals surface area contributed by atoms with Crippen LogP contribution in [0.2, 0.25) is 0 Å². The van der Waals surface area contributed by atoms with Gasteiger partial charge in [-0.25, -0.2) is 4.79 Å². The van der Waals surface area contributed by atoms with Crippen molar-refractivity contribution in [2.75, 3.05) is 18.0 Å². The number of fused-ring (bicyclic) bond motifs is 2. The number of aromatic nitrogens is 1. The van der Waals surface area contributed by atoms with E-state index in [9.17, 15) is 4.79 Å². The highest BCUT2D eigenvalue weighted by atomic mass is 16.6. The van der Waals surface area contributed by atoms with Crippen LogP contribution in [0.3, 0.4) is 0 Å². The van der Waals surface area contributed by atoms with Gasteiger partial charge in [0.15, 0.2) is 5.60 Å². The number of carbonyl (C=O) groups is 1. The van der Waals surface area contributed by atoms with Crippen molar-refractivity contribution in [3.8, 4) is 0 Å². The van der Waals surface area contributed by atoms with E-state index < -0.39 is 5.60 Å². The third kappa shape index (κ3) is 2.78. The summed E-state index contributed by atoms with van der Waals surface area (Å²) in [4.78, 5) is 18.8. The largest absolute Gasteiger partial charge is 0.440 e. The average Bonchev–Trinajstić information content (AvgIpc) is 3.29. The first-order valence-corrected chi connectivity index (χ1v) is 10.9. The van der Waals surface area contributed by atoms with E-state index in [-0.39, 0.29) is 5.97 Å². The van der Waals surface area contributed by atoms with Crippen molar-refractivity contribution in [3.63, 3.8) is 0 Å². The van der Waals surface area contributed by atoms with Crippen LogP contribution in [0.4, 0.5) is 5.69 Å². The number of para-hydroxylation sites is 1. The number of benzene rings is 3. The van der Waals surface area contributed by atoms with E-state index in [1.54, 1.807) is 0 Å². The summed E-state index contributed by atoms with van der Waals surface area (Å²) in [6, 6.07) is 24.4. The Morgan fingerprint density at radius 2 is 1.58 bits per heavy atom. The maximum Gasteiger partial charge on any atom is 0.340 e. The summed E-state index contributed by atoms with van der Waals surface area (Å²) in [5.41, 5.74) is 5.68. The molecular formula is C27H26N2O2. The number of hydrogen-bond acceptors (Lipinski definition) is 3. The zero-order valence-electron chi connectivity index (χ0n) is 18.1. The maximum absolute atomic E-state index is 13.0. The molecule has 0 radical (unpaired) electrons. The lowest BCUT2D eigenvalue weighted by Gasteiger charge is -2.31. The molecule has 156 valence electrons. The molecule has 5 rings (SSSR count). The standard InChI is InChI=1S/C27H26N2O2/c1-4-29(5-2)20-16-14-19(15-17-20)27(23-12-8-6-10-21(23)26(30)31-27)25-18(3)28-24-13-9-7-11-22(24)25/h6-17,28H,4-5H2,1-3H3. The van der Waals surface area contributed by atoms with Gasteiger partial charge in [0.2, 0.25) is 0 Å². The number of nitrogens with zero attached hydrogens (tertiary/aromatic N) is 1. The summed E-state index contributed by atoms with van der Waals surface area (Å²) in [6.07, 6.45) is 0. The highest BCUT2D eigenvalue weighted by molar-refractivity contribution is 5.98. The predicted octanol–water partition coefficient (Wildman–Crippen LogP) is 5.78. The fourth-order valence-corrected chi connectivity index (χ4v) is 4.99. The lowest BCUT2D eigenvalue weighted by Crippen LogP contribution is -2.30. The fraction of sp³-hybridized carbons (Fsp3) is 0.222. The summed E-state index contributed by atoms with van der Waals surface area (Å²) < 4.78 is 6.32. The number of anilines is 1. The van der Waals surface area contributed by atoms with Gasteiger partial charge in [-0.05, 0) is 45.0 Å². The molecule has 0 spiro atoms. The van der Waals surface area contributed by atoms with Gasteiger partial charge in [0.25, 0.3) is 0 Å². The van der Waals surface area contributed by atoms with Gasteiger partial charge < -0.3 is 14.6 Å². The van der Waals surface area contributed by atoms with Crippen LogP contribution in [0.1, 0.15) is 46.6 Å². The van der Waals surface area contributed by atoms with E-state index in [0.717, 1.165) is 52.1 Å². The number of carbonyl (C=O) groups excluding carboxylic acids is 1. The molecule has 0 bridgehead atoms. The van der Waals surface area contributed by atoms with Gasteiger partial charge >= 0.3 is 5.97 Å². The van der Waals surface area contributed by atoms with Crippen LogP contribution in [0.15, 0.2) is 72.8 Å². The Morgan fingerprint density at radius 1 is 0.903 bits per heavy atom. The zero-order chi connectivity index (χ0) is 21.6. The van der Waals surface area contributed by atoms with Crippen molar-refractivity contribution in [1.29, 1.82) is 0 Å². The molecular weight excluding hydrogens is 384 g/mol. The number of aryl methyl sites for hydroxylation is 1. The number of esters is 1.